The van der Waals surface area contributed by atoms with Crippen LogP contribution in [-0.2, 0) is 0 Å². The third-order valence-electron chi connectivity index (χ3n) is 1.87. The topological polar surface area (TPSA) is 64.1 Å². The lowest BCUT2D eigenvalue weighted by Crippen LogP contribution is -2.63. The Morgan fingerprint density at radius 1 is 1.10 bits per heavy atom. The fourth-order valence-electron chi connectivity index (χ4n) is 1.68. The van der Waals surface area contributed by atoms with Gasteiger partial charge in [0.2, 0.25) is 0 Å². The summed E-state index contributed by atoms with van der Waals surface area (Å²) in [6.07, 6.45) is 0.896. The standard InChI is InChI=1S/C7H17N3/c1-6(8)3-7(2,9)5-10-4-6/h10H,3-5,8-9H2,1-2H3/t6-,7-/m1/s1. The van der Waals surface area contributed by atoms with Gasteiger partial charge in [0.25, 0.3) is 0 Å². The molecule has 0 aromatic heterocycles. The van der Waals surface area contributed by atoms with Gasteiger partial charge in [-0.05, 0) is 20.3 Å². The van der Waals surface area contributed by atoms with Crippen LogP contribution >= 0.6 is 0 Å². The number of nitrogens with one attached hydrogen (secondary N) is 1. The highest BCUT2D eigenvalue weighted by Gasteiger charge is 2.33. The number of hydrogen-bond donors (Lipinski definition) is 3. The highest BCUT2D eigenvalue weighted by atomic mass is 15.0. The van der Waals surface area contributed by atoms with Gasteiger partial charge in [-0.3, -0.25) is 0 Å². The monoisotopic (exact) mass is 143 g/mol. The molecule has 0 bridgehead atoms. The molecule has 0 aromatic rings. The van der Waals surface area contributed by atoms with E-state index in [1.807, 2.05) is 13.8 Å². The number of hydrogen-bond acceptors (Lipinski definition) is 3. The minimum Gasteiger partial charge on any atom is -0.324 e. The summed E-state index contributed by atoms with van der Waals surface area (Å²) in [6.45, 7) is 5.81. The summed E-state index contributed by atoms with van der Waals surface area (Å²) in [5.41, 5.74) is 11.6. The van der Waals surface area contributed by atoms with Gasteiger partial charge in [0.05, 0.1) is 0 Å². The fraction of sp³-hybridized carbons (Fsp3) is 1.00. The lowest BCUT2D eigenvalue weighted by atomic mass is 9.82. The second-order valence-electron chi connectivity index (χ2n) is 4.09. The second kappa shape index (κ2) is 2.19. The van der Waals surface area contributed by atoms with Crippen molar-refractivity contribution in [2.75, 3.05) is 13.1 Å². The summed E-state index contributed by atoms with van der Waals surface area (Å²) >= 11 is 0. The molecule has 0 unspecified atom stereocenters. The van der Waals surface area contributed by atoms with E-state index in [0.717, 1.165) is 19.5 Å². The molecule has 1 heterocycles. The van der Waals surface area contributed by atoms with Crippen molar-refractivity contribution in [3.63, 3.8) is 0 Å². The Labute approximate surface area is 62.2 Å². The minimum absolute atomic E-state index is 0.123. The predicted octanol–water partition coefficient (Wildman–Crippen LogP) is -0.585. The van der Waals surface area contributed by atoms with E-state index < -0.39 is 0 Å². The van der Waals surface area contributed by atoms with E-state index in [4.69, 9.17) is 11.5 Å². The Morgan fingerprint density at radius 3 is 1.70 bits per heavy atom. The van der Waals surface area contributed by atoms with E-state index in [0.29, 0.717) is 0 Å². The number of rotatable bonds is 0. The van der Waals surface area contributed by atoms with Crippen molar-refractivity contribution in [2.45, 2.75) is 31.3 Å². The van der Waals surface area contributed by atoms with E-state index in [-0.39, 0.29) is 11.1 Å². The number of piperidine rings is 1. The molecule has 3 nitrogen and oxygen atoms in total. The van der Waals surface area contributed by atoms with Crippen LogP contribution in [0.25, 0.3) is 0 Å². The highest BCUT2D eigenvalue weighted by Crippen LogP contribution is 2.18. The maximum absolute atomic E-state index is 5.91. The average Bonchev–Trinajstić information content (AvgIpc) is 1.56. The van der Waals surface area contributed by atoms with Gasteiger partial charge in [0.15, 0.2) is 0 Å². The molecule has 5 N–H and O–H groups in total. The third kappa shape index (κ3) is 1.94. The van der Waals surface area contributed by atoms with Crippen molar-refractivity contribution >= 4 is 0 Å². The quantitative estimate of drug-likeness (QED) is 0.425. The van der Waals surface area contributed by atoms with Crippen molar-refractivity contribution in [1.29, 1.82) is 0 Å². The molecule has 2 atom stereocenters. The molecule has 1 aliphatic rings. The molecule has 0 amide bonds. The van der Waals surface area contributed by atoms with Crippen molar-refractivity contribution in [2.24, 2.45) is 11.5 Å². The van der Waals surface area contributed by atoms with Gasteiger partial charge in [-0.2, -0.15) is 0 Å². The largest absolute Gasteiger partial charge is 0.324 e. The van der Waals surface area contributed by atoms with Crippen LogP contribution in [0.15, 0.2) is 0 Å². The molecule has 0 aromatic carbocycles. The first-order valence-electron chi connectivity index (χ1n) is 3.70. The first-order chi connectivity index (χ1) is 4.41. The molecule has 3 heteroatoms. The van der Waals surface area contributed by atoms with Crippen molar-refractivity contribution in [3.8, 4) is 0 Å². The first-order valence-corrected chi connectivity index (χ1v) is 3.70. The lowest BCUT2D eigenvalue weighted by molar-refractivity contribution is 0.239. The maximum atomic E-state index is 5.91. The van der Waals surface area contributed by atoms with Gasteiger partial charge in [-0.1, -0.05) is 0 Å². The first kappa shape index (κ1) is 7.98. The molecule has 1 aliphatic heterocycles. The van der Waals surface area contributed by atoms with E-state index in [1.54, 1.807) is 0 Å². The smallest absolute Gasteiger partial charge is 0.0270 e. The zero-order valence-electron chi connectivity index (χ0n) is 6.78. The Hall–Kier alpha value is -0.120. The van der Waals surface area contributed by atoms with Crippen molar-refractivity contribution in [1.82, 2.24) is 5.32 Å². The molecule has 0 radical (unpaired) electrons. The SMILES string of the molecule is C[C@]1(N)CNC[C@](C)(N)C1. The summed E-state index contributed by atoms with van der Waals surface area (Å²) < 4.78 is 0. The van der Waals surface area contributed by atoms with Crippen LogP contribution in [0.4, 0.5) is 0 Å². The van der Waals surface area contributed by atoms with Crippen molar-refractivity contribution < 1.29 is 0 Å². The van der Waals surface area contributed by atoms with Gasteiger partial charge >= 0.3 is 0 Å². The Morgan fingerprint density at radius 2 is 1.50 bits per heavy atom. The maximum Gasteiger partial charge on any atom is 0.0270 e. The van der Waals surface area contributed by atoms with E-state index in [1.165, 1.54) is 0 Å². The number of nitrogens with two attached hydrogens (primary N) is 2. The molecular weight excluding hydrogens is 126 g/mol. The third-order valence-corrected chi connectivity index (χ3v) is 1.87. The zero-order chi connectivity index (χ0) is 7.83. The van der Waals surface area contributed by atoms with Crippen LogP contribution < -0.4 is 16.8 Å². The van der Waals surface area contributed by atoms with Gasteiger partial charge in [-0.25, -0.2) is 0 Å². The zero-order valence-corrected chi connectivity index (χ0v) is 6.78. The minimum atomic E-state index is -0.123. The van der Waals surface area contributed by atoms with E-state index in [9.17, 15) is 0 Å². The summed E-state index contributed by atoms with van der Waals surface area (Å²) in [4.78, 5) is 0. The van der Waals surface area contributed by atoms with Gasteiger partial charge < -0.3 is 16.8 Å². The molecule has 0 spiro atoms. The van der Waals surface area contributed by atoms with Crippen LogP contribution in [0.1, 0.15) is 20.3 Å². The van der Waals surface area contributed by atoms with Gasteiger partial charge in [0, 0.05) is 24.2 Å². The van der Waals surface area contributed by atoms with Crippen LogP contribution in [-0.4, -0.2) is 24.2 Å². The van der Waals surface area contributed by atoms with Gasteiger partial charge in [0.1, 0.15) is 0 Å². The fourth-order valence-corrected chi connectivity index (χ4v) is 1.68. The highest BCUT2D eigenvalue weighted by molar-refractivity contribution is 4.98. The summed E-state index contributed by atoms with van der Waals surface area (Å²) in [5, 5.41) is 3.22. The normalized spacial score (nSPS) is 49.2. The predicted molar refractivity (Wildman–Crippen MR) is 42.7 cm³/mol. The van der Waals surface area contributed by atoms with Crippen LogP contribution in [0.3, 0.4) is 0 Å². The molecule has 10 heavy (non-hydrogen) atoms. The summed E-state index contributed by atoms with van der Waals surface area (Å²) in [7, 11) is 0. The van der Waals surface area contributed by atoms with E-state index >= 15 is 0 Å². The Bertz CT molecular complexity index is 115. The summed E-state index contributed by atoms with van der Waals surface area (Å²) in [6, 6.07) is 0. The second-order valence-corrected chi connectivity index (χ2v) is 4.09. The van der Waals surface area contributed by atoms with Crippen LogP contribution in [0.2, 0.25) is 0 Å². The van der Waals surface area contributed by atoms with Crippen LogP contribution in [0.5, 0.6) is 0 Å². The molecule has 1 rings (SSSR count). The Kier molecular flexibility index (Phi) is 1.75. The molecule has 0 aliphatic carbocycles. The molecular formula is C7H17N3. The Balaban J connectivity index is 2.56. The molecule has 1 saturated heterocycles. The average molecular weight is 143 g/mol. The van der Waals surface area contributed by atoms with Crippen LogP contribution in [0, 0.1) is 0 Å². The van der Waals surface area contributed by atoms with Gasteiger partial charge in [-0.15, -0.1) is 0 Å². The molecule has 60 valence electrons. The molecule has 0 saturated carbocycles. The van der Waals surface area contributed by atoms with Crippen molar-refractivity contribution in [3.05, 3.63) is 0 Å². The lowest BCUT2D eigenvalue weighted by Gasteiger charge is -2.40. The summed E-state index contributed by atoms with van der Waals surface area (Å²) in [5.74, 6) is 0. The van der Waals surface area contributed by atoms with E-state index in [2.05, 4.69) is 5.32 Å². The molecule has 1 fully saturated rings.